The molecule has 0 heterocycles. The number of nitrogens with two attached hydrogens (primary N) is 1. The SMILES string of the molecule is CC(C)N(C)S(=O)(=O)c1ccc(CNC(=O)C2CCC(N)C2)cc1.Cl. The van der Waals surface area contributed by atoms with Crippen LogP contribution in [-0.4, -0.2) is 37.8 Å². The first kappa shape index (κ1) is 21.9. The summed E-state index contributed by atoms with van der Waals surface area (Å²) in [6, 6.07) is 6.67. The molecule has 1 aromatic rings. The van der Waals surface area contributed by atoms with Gasteiger partial charge in [0.15, 0.2) is 0 Å². The average molecular weight is 390 g/mol. The molecular weight excluding hydrogens is 362 g/mol. The molecule has 8 heteroatoms. The van der Waals surface area contributed by atoms with Crippen LogP contribution < -0.4 is 11.1 Å². The molecule has 0 bridgehead atoms. The van der Waals surface area contributed by atoms with Gasteiger partial charge >= 0.3 is 0 Å². The molecule has 0 saturated heterocycles. The van der Waals surface area contributed by atoms with E-state index < -0.39 is 10.0 Å². The Bertz CT molecular complexity index is 677. The first-order valence-corrected chi connectivity index (χ1v) is 9.76. The smallest absolute Gasteiger partial charge is 0.243 e. The number of sulfonamides is 1. The number of nitrogens with zero attached hydrogens (tertiary/aromatic N) is 1. The van der Waals surface area contributed by atoms with E-state index in [4.69, 9.17) is 5.73 Å². The third-order valence-electron chi connectivity index (χ3n) is 4.64. The summed E-state index contributed by atoms with van der Waals surface area (Å²) in [6.45, 7) is 4.05. The van der Waals surface area contributed by atoms with Gasteiger partial charge in [-0.3, -0.25) is 4.79 Å². The quantitative estimate of drug-likeness (QED) is 0.776. The Kier molecular flexibility index (Phi) is 7.87. The molecular formula is C17H28ClN3O3S. The van der Waals surface area contributed by atoms with Crippen molar-refractivity contribution in [3.05, 3.63) is 29.8 Å². The van der Waals surface area contributed by atoms with Gasteiger partial charge in [0.1, 0.15) is 0 Å². The molecule has 0 radical (unpaired) electrons. The summed E-state index contributed by atoms with van der Waals surface area (Å²) in [5.74, 6) is 0.0264. The number of carbonyl (C=O) groups is 1. The van der Waals surface area contributed by atoms with Crippen molar-refractivity contribution in [3.63, 3.8) is 0 Å². The molecule has 6 nitrogen and oxygen atoms in total. The number of nitrogens with one attached hydrogen (secondary N) is 1. The summed E-state index contributed by atoms with van der Waals surface area (Å²) < 4.78 is 26.1. The molecule has 1 aliphatic rings. The second kappa shape index (κ2) is 8.98. The molecule has 0 aromatic heterocycles. The third kappa shape index (κ3) is 5.41. The average Bonchev–Trinajstić information content (AvgIpc) is 2.98. The zero-order valence-electron chi connectivity index (χ0n) is 14.9. The van der Waals surface area contributed by atoms with Gasteiger partial charge < -0.3 is 11.1 Å². The van der Waals surface area contributed by atoms with Gasteiger partial charge in [-0.05, 0) is 50.8 Å². The van der Waals surface area contributed by atoms with Crippen molar-refractivity contribution in [1.29, 1.82) is 0 Å². The Morgan fingerprint density at radius 3 is 2.36 bits per heavy atom. The van der Waals surface area contributed by atoms with E-state index in [1.807, 2.05) is 13.8 Å². The van der Waals surface area contributed by atoms with E-state index in [0.717, 1.165) is 24.8 Å². The summed E-state index contributed by atoms with van der Waals surface area (Å²) in [5.41, 5.74) is 6.70. The number of amides is 1. The lowest BCUT2D eigenvalue weighted by Crippen LogP contribution is -2.33. The van der Waals surface area contributed by atoms with Crippen LogP contribution in [0.1, 0.15) is 38.7 Å². The van der Waals surface area contributed by atoms with Gasteiger partial charge in [0.2, 0.25) is 15.9 Å². The van der Waals surface area contributed by atoms with Crippen LogP contribution in [0.2, 0.25) is 0 Å². The first-order valence-electron chi connectivity index (χ1n) is 8.32. The number of halogens is 1. The van der Waals surface area contributed by atoms with Crippen LogP contribution in [0.4, 0.5) is 0 Å². The lowest BCUT2D eigenvalue weighted by molar-refractivity contribution is -0.125. The number of carbonyl (C=O) groups excluding carboxylic acids is 1. The maximum absolute atomic E-state index is 12.4. The molecule has 1 aliphatic carbocycles. The summed E-state index contributed by atoms with van der Waals surface area (Å²) in [4.78, 5) is 12.3. The molecule has 1 amide bonds. The van der Waals surface area contributed by atoms with Crippen LogP contribution >= 0.6 is 12.4 Å². The fourth-order valence-electron chi connectivity index (χ4n) is 2.81. The standard InChI is InChI=1S/C17H27N3O3S.ClH/c1-12(2)20(3)24(22,23)16-8-4-13(5-9-16)11-19-17(21)14-6-7-15(18)10-14;/h4-5,8-9,12,14-15H,6-7,10-11,18H2,1-3H3,(H,19,21);1H. The molecule has 0 spiro atoms. The van der Waals surface area contributed by atoms with Crippen molar-refractivity contribution < 1.29 is 13.2 Å². The Balaban J connectivity index is 0.00000312. The molecule has 1 aromatic carbocycles. The third-order valence-corrected chi connectivity index (χ3v) is 6.69. The normalized spacial score (nSPS) is 20.6. The minimum Gasteiger partial charge on any atom is -0.352 e. The summed E-state index contributed by atoms with van der Waals surface area (Å²) in [6.07, 6.45) is 2.48. The van der Waals surface area contributed by atoms with Crippen LogP contribution in [-0.2, 0) is 21.4 Å². The van der Waals surface area contributed by atoms with Crippen molar-refractivity contribution in [3.8, 4) is 0 Å². The van der Waals surface area contributed by atoms with Gasteiger partial charge in [-0.15, -0.1) is 12.4 Å². The van der Waals surface area contributed by atoms with Gasteiger partial charge in [0, 0.05) is 31.6 Å². The predicted molar refractivity (Wildman–Crippen MR) is 101 cm³/mol. The second-order valence-corrected chi connectivity index (χ2v) is 8.74. The van der Waals surface area contributed by atoms with Gasteiger partial charge in [-0.2, -0.15) is 4.31 Å². The zero-order chi connectivity index (χ0) is 17.9. The zero-order valence-corrected chi connectivity index (χ0v) is 16.6. The Morgan fingerprint density at radius 2 is 1.88 bits per heavy atom. The van der Waals surface area contributed by atoms with Crippen LogP contribution in [0.3, 0.4) is 0 Å². The minimum absolute atomic E-state index is 0. The molecule has 2 rings (SSSR count). The molecule has 142 valence electrons. The monoisotopic (exact) mass is 389 g/mol. The molecule has 1 saturated carbocycles. The van der Waals surface area contributed by atoms with Gasteiger partial charge in [0.05, 0.1) is 4.90 Å². The molecule has 2 atom stereocenters. The minimum atomic E-state index is -3.47. The summed E-state index contributed by atoms with van der Waals surface area (Å²) in [5, 5.41) is 2.91. The highest BCUT2D eigenvalue weighted by atomic mass is 35.5. The van der Waals surface area contributed by atoms with Gasteiger partial charge in [-0.25, -0.2) is 8.42 Å². The maximum Gasteiger partial charge on any atom is 0.243 e. The molecule has 2 unspecified atom stereocenters. The van der Waals surface area contributed by atoms with Crippen molar-refractivity contribution in [2.45, 2.75) is 56.6 Å². The highest BCUT2D eigenvalue weighted by molar-refractivity contribution is 7.89. The molecule has 1 fully saturated rings. The number of hydrogen-bond donors (Lipinski definition) is 2. The number of benzene rings is 1. The fraction of sp³-hybridized carbons (Fsp3) is 0.588. The second-order valence-electron chi connectivity index (χ2n) is 6.75. The lowest BCUT2D eigenvalue weighted by Gasteiger charge is -2.21. The van der Waals surface area contributed by atoms with E-state index in [1.54, 1.807) is 31.3 Å². The molecule has 25 heavy (non-hydrogen) atoms. The van der Waals surface area contributed by atoms with E-state index in [2.05, 4.69) is 5.32 Å². The first-order chi connectivity index (χ1) is 11.2. The Morgan fingerprint density at radius 1 is 1.28 bits per heavy atom. The van der Waals surface area contributed by atoms with Crippen molar-refractivity contribution >= 4 is 28.3 Å². The maximum atomic E-state index is 12.4. The van der Waals surface area contributed by atoms with E-state index in [9.17, 15) is 13.2 Å². The fourth-order valence-corrected chi connectivity index (χ4v) is 4.18. The van der Waals surface area contributed by atoms with E-state index >= 15 is 0 Å². The van der Waals surface area contributed by atoms with Crippen LogP contribution in [0, 0.1) is 5.92 Å². The summed E-state index contributed by atoms with van der Waals surface area (Å²) >= 11 is 0. The van der Waals surface area contributed by atoms with Crippen LogP contribution in [0.5, 0.6) is 0 Å². The van der Waals surface area contributed by atoms with Crippen LogP contribution in [0.25, 0.3) is 0 Å². The highest BCUT2D eigenvalue weighted by Gasteiger charge is 2.27. The topological polar surface area (TPSA) is 92.5 Å². The van der Waals surface area contributed by atoms with E-state index in [-0.39, 0.29) is 41.2 Å². The molecule has 0 aliphatic heterocycles. The lowest BCUT2D eigenvalue weighted by atomic mass is 10.1. The van der Waals surface area contributed by atoms with Crippen LogP contribution in [0.15, 0.2) is 29.2 Å². The largest absolute Gasteiger partial charge is 0.352 e. The van der Waals surface area contributed by atoms with Crippen molar-refractivity contribution in [2.75, 3.05) is 7.05 Å². The Labute approximate surface area is 156 Å². The highest BCUT2D eigenvalue weighted by Crippen LogP contribution is 2.24. The van der Waals surface area contributed by atoms with Gasteiger partial charge in [-0.1, -0.05) is 12.1 Å². The predicted octanol–water partition coefficient (Wildman–Crippen LogP) is 1.88. The van der Waals surface area contributed by atoms with E-state index in [1.165, 1.54) is 4.31 Å². The van der Waals surface area contributed by atoms with Crippen molar-refractivity contribution in [2.24, 2.45) is 11.7 Å². The number of rotatable bonds is 6. The van der Waals surface area contributed by atoms with Crippen molar-refractivity contribution in [1.82, 2.24) is 9.62 Å². The van der Waals surface area contributed by atoms with E-state index in [0.29, 0.717) is 6.54 Å². The number of hydrogen-bond acceptors (Lipinski definition) is 4. The van der Waals surface area contributed by atoms with Gasteiger partial charge in [0.25, 0.3) is 0 Å². The molecule has 3 N–H and O–H groups in total. The summed E-state index contributed by atoms with van der Waals surface area (Å²) in [7, 11) is -1.90. The Hall–Kier alpha value is -1.15.